The summed E-state index contributed by atoms with van der Waals surface area (Å²) in [6.45, 7) is 0.447. The number of hydrogen-bond donors (Lipinski definition) is 3. The summed E-state index contributed by atoms with van der Waals surface area (Å²) in [5.74, 6) is -3.69. The molecule has 1 saturated carbocycles. The standard InChI is InChI=1S/C31H30FN3O7S/c1-42-25-14-17(7-11-24(25)32)27(34-19-8-6-18-16-33-29(36)23(18)15-19)30(37)35-13-12-22(31(38)39)28(35)21-4-2-3-5-26(21)43(40,41)20-9-10-20/h2-8,11,14-15,20,22,27-28,34H,9-10,12-13,16H2,1H3,(H,33,36)(H,38,39)/t22-,27?,28-/m0/s1. The van der Waals surface area contributed by atoms with E-state index in [4.69, 9.17) is 4.74 Å². The fourth-order valence-corrected chi connectivity index (χ4v) is 7.90. The van der Waals surface area contributed by atoms with Gasteiger partial charge in [0, 0.05) is 24.3 Å². The zero-order valence-corrected chi connectivity index (χ0v) is 24.1. The molecule has 0 spiro atoms. The Bertz CT molecular complexity index is 1740. The molecule has 43 heavy (non-hydrogen) atoms. The van der Waals surface area contributed by atoms with Gasteiger partial charge in [0.05, 0.1) is 29.2 Å². The van der Waals surface area contributed by atoms with Gasteiger partial charge in [-0.3, -0.25) is 14.4 Å². The Kier molecular flexibility index (Phi) is 7.33. The summed E-state index contributed by atoms with van der Waals surface area (Å²) < 4.78 is 46.4. The van der Waals surface area contributed by atoms with Crippen LogP contribution < -0.4 is 15.4 Å². The normalized spacial score (nSPS) is 20.3. The molecule has 0 bridgehead atoms. The van der Waals surface area contributed by atoms with Crippen molar-refractivity contribution in [3.05, 3.63) is 88.7 Å². The first-order valence-electron chi connectivity index (χ1n) is 14.0. The highest BCUT2D eigenvalue weighted by molar-refractivity contribution is 7.92. The molecule has 1 unspecified atom stereocenters. The number of likely N-dealkylation sites (tertiary alicyclic amines) is 1. The quantitative estimate of drug-likeness (QED) is 0.333. The number of amides is 2. The van der Waals surface area contributed by atoms with Gasteiger partial charge < -0.3 is 25.4 Å². The number of halogens is 1. The Hall–Kier alpha value is -4.45. The average Bonchev–Trinajstić information content (AvgIpc) is 3.68. The van der Waals surface area contributed by atoms with Crippen LogP contribution in [0.25, 0.3) is 0 Å². The number of benzene rings is 3. The van der Waals surface area contributed by atoms with E-state index in [1.807, 2.05) is 0 Å². The molecule has 0 radical (unpaired) electrons. The SMILES string of the molecule is COc1cc(C(Nc2ccc3c(c2)C(=O)NC3)C(=O)N2CC[C@H](C(=O)O)[C@@H]2c2ccccc2S(=O)(=O)C2CC2)ccc1F. The number of methoxy groups -OCH3 is 1. The predicted octanol–water partition coefficient (Wildman–Crippen LogP) is 3.84. The molecule has 1 aliphatic carbocycles. The number of sulfone groups is 1. The molecule has 2 fully saturated rings. The summed E-state index contributed by atoms with van der Waals surface area (Å²) in [5, 5.41) is 15.6. The molecule has 2 aliphatic heterocycles. The molecule has 3 aliphatic rings. The summed E-state index contributed by atoms with van der Waals surface area (Å²) in [7, 11) is -2.42. The van der Waals surface area contributed by atoms with Crippen LogP contribution in [0.4, 0.5) is 10.1 Å². The van der Waals surface area contributed by atoms with E-state index in [0.717, 1.165) is 5.56 Å². The number of rotatable bonds is 9. The first kappa shape index (κ1) is 28.7. The van der Waals surface area contributed by atoms with Gasteiger partial charge in [-0.15, -0.1) is 0 Å². The Balaban J connectivity index is 1.43. The lowest BCUT2D eigenvalue weighted by atomic mass is 9.93. The van der Waals surface area contributed by atoms with Crippen LogP contribution in [0.1, 0.15) is 58.4 Å². The maximum Gasteiger partial charge on any atom is 0.309 e. The maximum absolute atomic E-state index is 14.5. The second-order valence-corrected chi connectivity index (χ2v) is 13.2. The van der Waals surface area contributed by atoms with E-state index in [1.165, 1.54) is 36.3 Å². The molecule has 3 N–H and O–H groups in total. The molecule has 224 valence electrons. The number of carbonyl (C=O) groups is 3. The first-order valence-corrected chi connectivity index (χ1v) is 15.5. The summed E-state index contributed by atoms with van der Waals surface area (Å²) in [4.78, 5) is 40.7. The largest absolute Gasteiger partial charge is 0.494 e. The van der Waals surface area contributed by atoms with Crippen molar-refractivity contribution in [2.24, 2.45) is 5.92 Å². The van der Waals surface area contributed by atoms with Crippen LogP contribution in [0.15, 0.2) is 65.6 Å². The van der Waals surface area contributed by atoms with E-state index in [0.29, 0.717) is 36.2 Å². The van der Waals surface area contributed by atoms with E-state index >= 15 is 0 Å². The molecule has 12 heteroatoms. The minimum absolute atomic E-state index is 0.0334. The number of anilines is 1. The number of carboxylic acids is 1. The maximum atomic E-state index is 14.5. The molecular weight excluding hydrogens is 577 g/mol. The van der Waals surface area contributed by atoms with E-state index in [1.54, 1.807) is 36.4 Å². The van der Waals surface area contributed by atoms with Crippen LogP contribution in [0.2, 0.25) is 0 Å². The highest BCUT2D eigenvalue weighted by Crippen LogP contribution is 2.44. The van der Waals surface area contributed by atoms with Gasteiger partial charge in [0.2, 0.25) is 5.91 Å². The minimum atomic E-state index is -3.72. The number of nitrogens with one attached hydrogen (secondary N) is 2. The topological polar surface area (TPSA) is 142 Å². The molecule has 6 rings (SSSR count). The third kappa shape index (κ3) is 5.20. The van der Waals surface area contributed by atoms with Crippen LogP contribution in [-0.4, -0.2) is 55.1 Å². The Labute approximate surface area is 247 Å². The highest BCUT2D eigenvalue weighted by atomic mass is 32.2. The summed E-state index contributed by atoms with van der Waals surface area (Å²) in [6, 6.07) is 13.2. The molecule has 3 aromatic rings. The van der Waals surface area contributed by atoms with Crippen LogP contribution in [0.3, 0.4) is 0 Å². The van der Waals surface area contributed by atoms with Gasteiger partial charge in [-0.2, -0.15) is 0 Å². The van der Waals surface area contributed by atoms with Gasteiger partial charge in [0.15, 0.2) is 21.4 Å². The summed E-state index contributed by atoms with van der Waals surface area (Å²) in [6.07, 6.45) is 1.18. The zero-order chi connectivity index (χ0) is 30.5. The van der Waals surface area contributed by atoms with Crippen LogP contribution >= 0.6 is 0 Å². The van der Waals surface area contributed by atoms with Crippen LogP contribution in [0.5, 0.6) is 5.75 Å². The smallest absolute Gasteiger partial charge is 0.309 e. The van der Waals surface area contributed by atoms with Crippen molar-refractivity contribution in [1.82, 2.24) is 10.2 Å². The van der Waals surface area contributed by atoms with E-state index in [2.05, 4.69) is 10.6 Å². The third-order valence-electron chi connectivity index (χ3n) is 8.37. The predicted molar refractivity (Wildman–Crippen MR) is 154 cm³/mol. The lowest BCUT2D eigenvalue weighted by Crippen LogP contribution is -2.40. The fraction of sp³-hybridized carbons (Fsp3) is 0.323. The van der Waals surface area contributed by atoms with Gasteiger partial charge in [-0.25, -0.2) is 12.8 Å². The van der Waals surface area contributed by atoms with Gasteiger partial charge in [-0.05, 0) is 66.3 Å². The lowest BCUT2D eigenvalue weighted by Gasteiger charge is -2.32. The van der Waals surface area contributed by atoms with Gasteiger partial charge >= 0.3 is 5.97 Å². The lowest BCUT2D eigenvalue weighted by molar-refractivity contribution is -0.143. The van der Waals surface area contributed by atoms with Crippen molar-refractivity contribution in [3.63, 3.8) is 0 Å². The van der Waals surface area contributed by atoms with Crippen molar-refractivity contribution in [2.45, 2.75) is 48.0 Å². The minimum Gasteiger partial charge on any atom is -0.494 e. The molecule has 3 atom stereocenters. The van der Waals surface area contributed by atoms with E-state index in [9.17, 15) is 32.3 Å². The fourth-order valence-electron chi connectivity index (χ4n) is 6.00. The van der Waals surface area contributed by atoms with Gasteiger partial charge in [0.25, 0.3) is 5.91 Å². The number of carbonyl (C=O) groups excluding carboxylic acids is 2. The summed E-state index contributed by atoms with van der Waals surface area (Å²) >= 11 is 0. The zero-order valence-electron chi connectivity index (χ0n) is 23.2. The van der Waals surface area contributed by atoms with Gasteiger partial charge in [-0.1, -0.05) is 30.3 Å². The van der Waals surface area contributed by atoms with Gasteiger partial charge in [0.1, 0.15) is 6.04 Å². The van der Waals surface area contributed by atoms with Crippen LogP contribution in [0, 0.1) is 11.7 Å². The molecular formula is C31H30FN3O7S. The second kappa shape index (κ2) is 11.0. The van der Waals surface area contributed by atoms with Crippen molar-refractivity contribution in [1.29, 1.82) is 0 Å². The number of carboxylic acid groups (broad SMARTS) is 1. The Morgan fingerprint density at radius 3 is 2.58 bits per heavy atom. The summed E-state index contributed by atoms with van der Waals surface area (Å²) in [5.41, 5.74) is 2.30. The molecule has 0 aromatic heterocycles. The number of fused-ring (bicyclic) bond motifs is 1. The van der Waals surface area contributed by atoms with E-state index < -0.39 is 50.8 Å². The van der Waals surface area contributed by atoms with Crippen LogP contribution in [-0.2, 0) is 26.0 Å². The highest BCUT2D eigenvalue weighted by Gasteiger charge is 2.47. The third-order valence-corrected chi connectivity index (χ3v) is 10.7. The monoisotopic (exact) mass is 607 g/mol. The first-order chi connectivity index (χ1) is 20.6. The molecule has 10 nitrogen and oxygen atoms in total. The van der Waals surface area contributed by atoms with Crippen molar-refractivity contribution in [3.8, 4) is 5.75 Å². The molecule has 3 aromatic carbocycles. The average molecular weight is 608 g/mol. The Morgan fingerprint density at radius 1 is 1.09 bits per heavy atom. The molecule has 2 amide bonds. The number of ether oxygens (including phenoxy) is 1. The van der Waals surface area contributed by atoms with Crippen molar-refractivity contribution in [2.75, 3.05) is 19.0 Å². The Morgan fingerprint density at radius 2 is 1.86 bits per heavy atom. The number of hydrogen-bond acceptors (Lipinski definition) is 7. The number of nitrogens with zero attached hydrogens (tertiary/aromatic N) is 1. The van der Waals surface area contributed by atoms with Crippen molar-refractivity contribution < 1.29 is 37.0 Å². The molecule has 1 saturated heterocycles. The van der Waals surface area contributed by atoms with E-state index in [-0.39, 0.29) is 35.1 Å². The molecule has 2 heterocycles. The second-order valence-electron chi connectivity index (χ2n) is 11.0. The number of aliphatic carboxylic acids is 1. The van der Waals surface area contributed by atoms with Crippen molar-refractivity contribution >= 4 is 33.3 Å².